The molecule has 1 aromatic heterocycles. The molecule has 1 aliphatic heterocycles. The Labute approximate surface area is 141 Å². The maximum absolute atomic E-state index is 9.58. The maximum Gasteiger partial charge on any atom is 0.124 e. The molecule has 0 bridgehead atoms. The minimum Gasteiger partial charge on any atom is -0.494 e. The highest BCUT2D eigenvalue weighted by atomic mass is 32.1. The Morgan fingerprint density at radius 1 is 1.39 bits per heavy atom. The number of benzene rings is 1. The predicted molar refractivity (Wildman–Crippen MR) is 92.6 cm³/mol. The van der Waals surface area contributed by atoms with Crippen LogP contribution in [0, 0.1) is 0 Å². The van der Waals surface area contributed by atoms with Gasteiger partial charge in [-0.15, -0.1) is 11.3 Å². The summed E-state index contributed by atoms with van der Waals surface area (Å²) in [6, 6.07) is 6.58. The van der Waals surface area contributed by atoms with Gasteiger partial charge in [0.2, 0.25) is 0 Å². The van der Waals surface area contributed by atoms with Gasteiger partial charge in [0.15, 0.2) is 0 Å². The molecule has 0 unspecified atom stereocenters. The molecule has 1 atom stereocenters. The molecule has 0 amide bonds. The number of thiazole rings is 1. The molecule has 1 aliphatic rings. The largest absolute Gasteiger partial charge is 0.494 e. The minimum atomic E-state index is 0.0130. The van der Waals surface area contributed by atoms with E-state index in [0.717, 1.165) is 24.4 Å². The fourth-order valence-corrected chi connectivity index (χ4v) is 4.05. The number of hydrogen-bond acceptors (Lipinski definition) is 5. The molecule has 0 spiro atoms. The summed E-state index contributed by atoms with van der Waals surface area (Å²) in [5.41, 5.74) is 2.09. The Hall–Kier alpha value is -1.43. The van der Waals surface area contributed by atoms with Crippen molar-refractivity contribution in [2.45, 2.75) is 45.4 Å². The molecule has 0 radical (unpaired) electrons. The first-order valence-corrected chi connectivity index (χ1v) is 9.18. The van der Waals surface area contributed by atoms with E-state index < -0.39 is 0 Å². The van der Waals surface area contributed by atoms with Gasteiger partial charge < -0.3 is 9.84 Å². The van der Waals surface area contributed by atoms with Gasteiger partial charge in [0.1, 0.15) is 10.8 Å². The fraction of sp³-hybridized carbons (Fsp3) is 0.500. The van der Waals surface area contributed by atoms with Crippen molar-refractivity contribution in [2.24, 2.45) is 0 Å². The van der Waals surface area contributed by atoms with E-state index >= 15 is 0 Å². The Morgan fingerprint density at radius 3 is 3.04 bits per heavy atom. The zero-order valence-corrected chi connectivity index (χ0v) is 14.4. The van der Waals surface area contributed by atoms with Gasteiger partial charge in [-0.05, 0) is 44.0 Å². The van der Waals surface area contributed by atoms with Gasteiger partial charge in [0.25, 0.3) is 0 Å². The second-order valence-corrected chi connectivity index (χ2v) is 6.81. The number of aliphatic hydroxyl groups excluding tert-OH is 1. The van der Waals surface area contributed by atoms with E-state index in [1.807, 2.05) is 19.2 Å². The zero-order valence-electron chi connectivity index (χ0n) is 13.6. The smallest absolute Gasteiger partial charge is 0.124 e. The van der Waals surface area contributed by atoms with E-state index in [1.54, 1.807) is 11.3 Å². The Morgan fingerprint density at radius 2 is 2.30 bits per heavy atom. The lowest BCUT2D eigenvalue weighted by atomic mass is 10.0. The lowest BCUT2D eigenvalue weighted by Crippen LogP contribution is -2.32. The van der Waals surface area contributed by atoms with Crippen molar-refractivity contribution in [2.75, 3.05) is 13.2 Å². The van der Waals surface area contributed by atoms with Crippen LogP contribution in [-0.2, 0) is 13.2 Å². The highest BCUT2D eigenvalue weighted by molar-refractivity contribution is 7.09. The van der Waals surface area contributed by atoms with Gasteiger partial charge in [0, 0.05) is 23.7 Å². The summed E-state index contributed by atoms with van der Waals surface area (Å²) in [5.74, 6) is 0.786. The lowest BCUT2D eigenvalue weighted by molar-refractivity contribution is 0.140. The third-order valence-electron chi connectivity index (χ3n) is 4.33. The highest BCUT2D eigenvalue weighted by Crippen LogP contribution is 2.33. The fourth-order valence-electron chi connectivity index (χ4n) is 3.24. The summed E-state index contributed by atoms with van der Waals surface area (Å²) >= 11 is 1.75. The first kappa shape index (κ1) is 16.4. The molecule has 1 aromatic carbocycles. The molecule has 5 heteroatoms. The first-order valence-electron chi connectivity index (χ1n) is 8.30. The summed E-state index contributed by atoms with van der Waals surface area (Å²) in [6.07, 6.45) is 5.59. The van der Waals surface area contributed by atoms with Gasteiger partial charge in [-0.3, -0.25) is 4.90 Å². The number of aliphatic hydroxyl groups is 1. The molecule has 2 aromatic rings. The number of nitrogens with zero attached hydrogens (tertiary/aromatic N) is 2. The number of hydrogen-bond donors (Lipinski definition) is 1. The Balaban J connectivity index is 1.76. The average molecular weight is 332 g/mol. The van der Waals surface area contributed by atoms with Gasteiger partial charge >= 0.3 is 0 Å². The summed E-state index contributed by atoms with van der Waals surface area (Å²) < 4.78 is 5.57. The number of likely N-dealkylation sites (tertiary alicyclic amines) is 1. The molecular formula is C18H24N2O2S. The predicted octanol–water partition coefficient (Wildman–Crippen LogP) is 3.76. The van der Waals surface area contributed by atoms with Crippen LogP contribution in [-0.4, -0.2) is 28.1 Å². The third-order valence-corrected chi connectivity index (χ3v) is 5.21. The van der Waals surface area contributed by atoms with Crippen molar-refractivity contribution in [1.82, 2.24) is 9.88 Å². The molecule has 1 N–H and O–H groups in total. The summed E-state index contributed by atoms with van der Waals surface area (Å²) in [4.78, 5) is 7.03. The minimum absolute atomic E-state index is 0.0130. The standard InChI is InChI=1S/C18H24N2O2S/c1-2-22-17-7-6-14(11-15(17)13-21)12-20-9-4-3-5-16(20)18-19-8-10-23-18/h6-8,10-11,16,21H,2-5,9,12-13H2,1H3/t16-/m1/s1. The van der Waals surface area contributed by atoms with Crippen LogP contribution in [0.25, 0.3) is 0 Å². The topological polar surface area (TPSA) is 45.6 Å². The van der Waals surface area contributed by atoms with E-state index in [0.29, 0.717) is 12.6 Å². The lowest BCUT2D eigenvalue weighted by Gasteiger charge is -2.34. The molecular weight excluding hydrogens is 308 g/mol. The van der Waals surface area contributed by atoms with Crippen molar-refractivity contribution in [1.29, 1.82) is 0 Å². The first-order chi connectivity index (χ1) is 11.3. The second kappa shape index (κ2) is 7.90. The average Bonchev–Trinajstić information content (AvgIpc) is 3.11. The van der Waals surface area contributed by atoms with Crippen LogP contribution in [0.2, 0.25) is 0 Å². The summed E-state index contributed by atoms with van der Waals surface area (Å²) in [5, 5.41) is 12.9. The van der Waals surface area contributed by atoms with E-state index in [-0.39, 0.29) is 6.61 Å². The highest BCUT2D eigenvalue weighted by Gasteiger charge is 2.25. The molecule has 3 rings (SSSR count). The van der Waals surface area contributed by atoms with Crippen molar-refractivity contribution in [3.63, 3.8) is 0 Å². The third kappa shape index (κ3) is 3.91. The summed E-state index contributed by atoms with van der Waals surface area (Å²) in [6.45, 7) is 4.58. The van der Waals surface area contributed by atoms with Crippen LogP contribution in [0.3, 0.4) is 0 Å². The molecule has 0 saturated carbocycles. The molecule has 1 fully saturated rings. The zero-order chi connectivity index (χ0) is 16.1. The van der Waals surface area contributed by atoms with Crippen molar-refractivity contribution in [3.05, 3.63) is 45.9 Å². The van der Waals surface area contributed by atoms with Crippen molar-refractivity contribution >= 4 is 11.3 Å². The van der Waals surface area contributed by atoms with E-state index in [9.17, 15) is 5.11 Å². The van der Waals surface area contributed by atoms with Crippen LogP contribution in [0.15, 0.2) is 29.8 Å². The quantitative estimate of drug-likeness (QED) is 0.875. The van der Waals surface area contributed by atoms with E-state index in [4.69, 9.17) is 4.74 Å². The molecule has 4 nitrogen and oxygen atoms in total. The van der Waals surface area contributed by atoms with Gasteiger partial charge in [0.05, 0.1) is 19.3 Å². The number of aromatic nitrogens is 1. The number of piperidine rings is 1. The van der Waals surface area contributed by atoms with Gasteiger partial charge in [-0.1, -0.05) is 12.5 Å². The number of rotatable bonds is 6. The van der Waals surface area contributed by atoms with Crippen LogP contribution < -0.4 is 4.74 Å². The molecule has 23 heavy (non-hydrogen) atoms. The normalized spacial score (nSPS) is 19.0. The second-order valence-electron chi connectivity index (χ2n) is 5.89. The van der Waals surface area contributed by atoms with Gasteiger partial charge in [-0.25, -0.2) is 4.98 Å². The van der Waals surface area contributed by atoms with Crippen LogP contribution in [0.4, 0.5) is 0 Å². The van der Waals surface area contributed by atoms with Crippen LogP contribution in [0.5, 0.6) is 5.75 Å². The molecule has 1 saturated heterocycles. The SMILES string of the molecule is CCOc1ccc(CN2CCCC[C@@H]2c2nccs2)cc1CO. The Bertz CT molecular complexity index is 615. The van der Waals surface area contributed by atoms with Gasteiger partial charge in [-0.2, -0.15) is 0 Å². The number of ether oxygens (including phenoxy) is 1. The summed E-state index contributed by atoms with van der Waals surface area (Å²) in [7, 11) is 0. The molecule has 0 aliphatic carbocycles. The molecule has 2 heterocycles. The van der Waals surface area contributed by atoms with Crippen molar-refractivity contribution in [3.8, 4) is 5.75 Å². The monoisotopic (exact) mass is 332 g/mol. The molecule has 124 valence electrons. The van der Waals surface area contributed by atoms with Crippen LogP contribution in [0.1, 0.15) is 48.4 Å². The van der Waals surface area contributed by atoms with Crippen molar-refractivity contribution < 1.29 is 9.84 Å². The van der Waals surface area contributed by atoms with E-state index in [1.165, 1.54) is 29.8 Å². The van der Waals surface area contributed by atoms with Crippen LogP contribution >= 0.6 is 11.3 Å². The maximum atomic E-state index is 9.58. The Kier molecular flexibility index (Phi) is 5.65. The van der Waals surface area contributed by atoms with E-state index in [2.05, 4.69) is 27.4 Å².